The molecule has 3 rings (SSSR count). The van der Waals surface area contributed by atoms with E-state index in [1.807, 2.05) is 25.1 Å². The minimum Gasteiger partial charge on any atom is -0.496 e. The molecule has 0 radical (unpaired) electrons. The number of aliphatic hydroxyl groups excluding tert-OH is 1. The number of anilines is 1. The van der Waals surface area contributed by atoms with Crippen molar-refractivity contribution >= 4 is 17.2 Å². The summed E-state index contributed by atoms with van der Waals surface area (Å²) in [4.78, 5) is 18.1. The molecule has 198 valence electrons. The summed E-state index contributed by atoms with van der Waals surface area (Å²) >= 11 is 0. The SMILES string of the molecule is C=C(/C=C(\C=C(/C)OCCO)c1cc(NC(=O)c2ccnc(C(F)(F)F)c2)ccc1C)N1CCOCC1. The number of morpholine rings is 1. The van der Waals surface area contributed by atoms with Crippen LogP contribution in [0.4, 0.5) is 18.9 Å². The summed E-state index contributed by atoms with van der Waals surface area (Å²) in [5.41, 5.74) is 2.30. The first kappa shape index (κ1) is 27.9. The molecule has 0 bridgehead atoms. The van der Waals surface area contributed by atoms with Gasteiger partial charge in [0.25, 0.3) is 5.91 Å². The van der Waals surface area contributed by atoms with Crippen molar-refractivity contribution in [2.75, 3.05) is 44.8 Å². The van der Waals surface area contributed by atoms with Crippen molar-refractivity contribution in [1.82, 2.24) is 9.88 Å². The third-order valence-corrected chi connectivity index (χ3v) is 5.64. The number of carbonyl (C=O) groups is 1. The second-order valence-electron chi connectivity index (χ2n) is 8.43. The molecule has 1 amide bonds. The molecule has 1 fully saturated rings. The number of hydrogen-bond acceptors (Lipinski definition) is 6. The zero-order valence-electron chi connectivity index (χ0n) is 20.8. The topological polar surface area (TPSA) is 83.9 Å². The zero-order chi connectivity index (χ0) is 27.0. The van der Waals surface area contributed by atoms with Crippen LogP contribution in [0.3, 0.4) is 0 Å². The van der Waals surface area contributed by atoms with Gasteiger partial charge in [0.15, 0.2) is 0 Å². The number of aryl methyl sites for hydroxylation is 1. The molecule has 0 unspecified atom stereocenters. The van der Waals surface area contributed by atoms with Gasteiger partial charge in [-0.2, -0.15) is 13.2 Å². The Morgan fingerprint density at radius 1 is 1.24 bits per heavy atom. The molecule has 1 aliphatic rings. The van der Waals surface area contributed by atoms with Gasteiger partial charge in [-0.3, -0.25) is 9.78 Å². The van der Waals surface area contributed by atoms with E-state index in [4.69, 9.17) is 14.6 Å². The Kier molecular flexibility index (Phi) is 9.48. The molecule has 2 aromatic rings. The smallest absolute Gasteiger partial charge is 0.433 e. The molecule has 10 heteroatoms. The molecule has 1 aromatic carbocycles. The van der Waals surface area contributed by atoms with Crippen molar-refractivity contribution in [2.24, 2.45) is 0 Å². The molecule has 0 spiro atoms. The average molecular weight is 518 g/mol. The Morgan fingerprint density at radius 2 is 1.97 bits per heavy atom. The minimum atomic E-state index is -4.65. The van der Waals surface area contributed by atoms with Gasteiger partial charge in [0.2, 0.25) is 0 Å². The number of pyridine rings is 1. The molecular formula is C27H30F3N3O4. The highest BCUT2D eigenvalue weighted by Crippen LogP contribution is 2.29. The Hall–Kier alpha value is -3.63. The molecule has 1 aromatic heterocycles. The lowest BCUT2D eigenvalue weighted by molar-refractivity contribution is -0.141. The largest absolute Gasteiger partial charge is 0.496 e. The van der Waals surface area contributed by atoms with E-state index in [2.05, 4.69) is 21.8 Å². The van der Waals surface area contributed by atoms with Crippen LogP contribution < -0.4 is 5.32 Å². The van der Waals surface area contributed by atoms with Gasteiger partial charge in [-0.15, -0.1) is 0 Å². The highest BCUT2D eigenvalue weighted by atomic mass is 19.4. The van der Waals surface area contributed by atoms with E-state index in [1.165, 1.54) is 6.07 Å². The van der Waals surface area contributed by atoms with E-state index in [9.17, 15) is 18.0 Å². The van der Waals surface area contributed by atoms with Crippen LogP contribution in [0.1, 0.15) is 34.1 Å². The highest BCUT2D eigenvalue weighted by molar-refractivity contribution is 6.04. The van der Waals surface area contributed by atoms with Gasteiger partial charge in [0, 0.05) is 36.2 Å². The van der Waals surface area contributed by atoms with Crippen LogP contribution in [0.15, 0.2) is 66.7 Å². The number of hydrogen-bond donors (Lipinski definition) is 2. The van der Waals surface area contributed by atoms with Crippen molar-refractivity contribution in [3.8, 4) is 0 Å². The van der Waals surface area contributed by atoms with Gasteiger partial charge in [-0.05, 0) is 67.0 Å². The van der Waals surface area contributed by atoms with Crippen LogP contribution in [0.25, 0.3) is 5.57 Å². The maximum atomic E-state index is 13.0. The molecule has 0 saturated carbocycles. The fraction of sp³-hybridized carbons (Fsp3) is 0.333. The van der Waals surface area contributed by atoms with Crippen LogP contribution in [0.5, 0.6) is 0 Å². The standard InChI is InChI=1S/C27H30F3N3O4/c1-18-4-5-23(32-26(35)21-6-7-31-25(16-21)27(28,29)30)17-24(18)22(15-20(3)37-13-10-34)14-19(2)33-8-11-36-12-9-33/h4-7,14-17,34H,2,8-13H2,1,3H3,(H,32,35)/b20-15+,22-14+. The summed E-state index contributed by atoms with van der Waals surface area (Å²) in [5.74, 6) is -0.121. The Labute approximate surface area is 213 Å². The first-order chi connectivity index (χ1) is 17.6. The van der Waals surface area contributed by atoms with Crippen LogP contribution >= 0.6 is 0 Å². The third-order valence-electron chi connectivity index (χ3n) is 5.64. The predicted molar refractivity (Wildman–Crippen MR) is 135 cm³/mol. The Balaban J connectivity index is 1.93. The summed E-state index contributed by atoms with van der Waals surface area (Å²) in [7, 11) is 0. The van der Waals surface area contributed by atoms with Gasteiger partial charge in [0.1, 0.15) is 12.3 Å². The van der Waals surface area contributed by atoms with E-state index in [0.717, 1.165) is 28.6 Å². The number of allylic oxidation sites excluding steroid dienone is 4. The molecule has 1 aliphatic heterocycles. The molecule has 37 heavy (non-hydrogen) atoms. The van der Waals surface area contributed by atoms with Gasteiger partial charge < -0.3 is 24.8 Å². The normalized spacial score (nSPS) is 14.9. The number of aliphatic hydroxyl groups is 1. The number of carbonyl (C=O) groups excluding carboxylic acids is 1. The van der Waals surface area contributed by atoms with Gasteiger partial charge in [-0.1, -0.05) is 12.6 Å². The van der Waals surface area contributed by atoms with Crippen molar-refractivity contribution in [3.63, 3.8) is 0 Å². The Bertz CT molecular complexity index is 1190. The monoisotopic (exact) mass is 517 g/mol. The third kappa shape index (κ3) is 7.93. The van der Waals surface area contributed by atoms with Gasteiger partial charge in [-0.25, -0.2) is 0 Å². The molecule has 0 aliphatic carbocycles. The number of nitrogens with zero attached hydrogens (tertiary/aromatic N) is 2. The highest BCUT2D eigenvalue weighted by Gasteiger charge is 2.33. The molecule has 7 nitrogen and oxygen atoms in total. The zero-order valence-corrected chi connectivity index (χ0v) is 20.8. The quantitative estimate of drug-likeness (QED) is 0.367. The Morgan fingerprint density at radius 3 is 2.65 bits per heavy atom. The van der Waals surface area contributed by atoms with E-state index in [-0.39, 0.29) is 18.8 Å². The minimum absolute atomic E-state index is 0.129. The lowest BCUT2D eigenvalue weighted by Crippen LogP contribution is -2.34. The van der Waals surface area contributed by atoms with E-state index >= 15 is 0 Å². The van der Waals surface area contributed by atoms with E-state index in [0.29, 0.717) is 43.8 Å². The van der Waals surface area contributed by atoms with Crippen molar-refractivity contribution in [1.29, 1.82) is 0 Å². The van der Waals surface area contributed by atoms with Crippen LogP contribution in [0, 0.1) is 6.92 Å². The predicted octanol–water partition coefficient (Wildman–Crippen LogP) is 4.80. The molecule has 0 atom stereocenters. The number of rotatable bonds is 9. The first-order valence-electron chi connectivity index (χ1n) is 11.7. The van der Waals surface area contributed by atoms with E-state index < -0.39 is 17.8 Å². The molecule has 1 saturated heterocycles. The van der Waals surface area contributed by atoms with Crippen LogP contribution in [-0.2, 0) is 15.7 Å². The average Bonchev–Trinajstić information content (AvgIpc) is 2.88. The number of alkyl halides is 3. The summed E-state index contributed by atoms with van der Waals surface area (Å²) in [6.45, 7) is 10.5. The summed E-state index contributed by atoms with van der Waals surface area (Å²) < 4.78 is 50.0. The molecular weight excluding hydrogens is 487 g/mol. The maximum Gasteiger partial charge on any atom is 0.433 e. The number of ether oxygens (including phenoxy) is 2. The number of aromatic nitrogens is 1. The van der Waals surface area contributed by atoms with Crippen LogP contribution in [0.2, 0.25) is 0 Å². The summed E-state index contributed by atoms with van der Waals surface area (Å²) in [6.07, 6.45) is 0.0196. The first-order valence-corrected chi connectivity index (χ1v) is 11.7. The fourth-order valence-electron chi connectivity index (χ4n) is 3.73. The second kappa shape index (κ2) is 12.6. The van der Waals surface area contributed by atoms with Crippen molar-refractivity contribution in [2.45, 2.75) is 20.0 Å². The second-order valence-corrected chi connectivity index (χ2v) is 8.43. The lowest BCUT2D eigenvalue weighted by Gasteiger charge is -2.29. The molecule has 2 heterocycles. The van der Waals surface area contributed by atoms with Gasteiger partial charge in [0.05, 0.1) is 25.6 Å². The maximum absolute atomic E-state index is 13.0. The number of halogens is 3. The van der Waals surface area contributed by atoms with E-state index in [1.54, 1.807) is 19.1 Å². The number of amides is 1. The van der Waals surface area contributed by atoms with Crippen molar-refractivity contribution < 1.29 is 32.5 Å². The van der Waals surface area contributed by atoms with Crippen LogP contribution in [-0.4, -0.2) is 60.4 Å². The molecule has 2 N–H and O–H groups in total. The number of benzene rings is 1. The summed E-state index contributed by atoms with van der Waals surface area (Å²) in [5, 5.41) is 11.8. The fourth-order valence-corrected chi connectivity index (χ4v) is 3.73. The van der Waals surface area contributed by atoms with Gasteiger partial charge >= 0.3 is 6.18 Å². The van der Waals surface area contributed by atoms with Crippen molar-refractivity contribution in [3.05, 3.63) is 89.1 Å². The summed E-state index contributed by atoms with van der Waals surface area (Å²) in [6, 6.07) is 7.17. The number of nitrogens with one attached hydrogen (secondary N) is 1. The lowest BCUT2D eigenvalue weighted by atomic mass is 9.97.